The highest BCUT2D eigenvalue weighted by atomic mass is 32.1. The smallest absolute Gasteiger partial charge is 0.318 e. The third-order valence-corrected chi connectivity index (χ3v) is 6.33. The first-order chi connectivity index (χ1) is 14.1. The predicted octanol–water partition coefficient (Wildman–Crippen LogP) is 3.95. The first-order valence-corrected chi connectivity index (χ1v) is 10.9. The van der Waals surface area contributed by atoms with Crippen molar-refractivity contribution < 1.29 is 9.59 Å². The molecule has 0 radical (unpaired) electrons. The summed E-state index contributed by atoms with van der Waals surface area (Å²) in [7, 11) is 0. The van der Waals surface area contributed by atoms with Crippen molar-refractivity contribution in [1.82, 2.24) is 20.1 Å². The van der Waals surface area contributed by atoms with Gasteiger partial charge < -0.3 is 20.1 Å². The van der Waals surface area contributed by atoms with Gasteiger partial charge in [0.15, 0.2) is 0 Å². The molecule has 1 fully saturated rings. The molecule has 29 heavy (non-hydrogen) atoms. The molecular formula is C22H26N4O2S. The number of benzene rings is 1. The standard InChI is InChI=1S/C22H26N4O2S/c1-16(27)25-10-7-19(8-11-25)24-22(28)26(15-20-3-2-12-29-20)14-17-4-5-21-18(13-17)6-9-23-21/h2-6,9,12-13,19,23H,7-8,10-11,14-15H2,1H3,(H,24,28). The van der Waals surface area contributed by atoms with Crippen molar-refractivity contribution >= 4 is 34.2 Å². The van der Waals surface area contributed by atoms with Gasteiger partial charge in [-0.15, -0.1) is 11.3 Å². The van der Waals surface area contributed by atoms with E-state index >= 15 is 0 Å². The quantitative estimate of drug-likeness (QED) is 0.669. The van der Waals surface area contributed by atoms with Gasteiger partial charge >= 0.3 is 6.03 Å². The Hall–Kier alpha value is -2.80. The molecule has 0 spiro atoms. The molecule has 1 aromatic carbocycles. The van der Waals surface area contributed by atoms with E-state index in [4.69, 9.17) is 0 Å². The Bertz CT molecular complexity index is 974. The van der Waals surface area contributed by atoms with Crippen molar-refractivity contribution in [2.75, 3.05) is 13.1 Å². The van der Waals surface area contributed by atoms with Crippen molar-refractivity contribution in [3.8, 4) is 0 Å². The maximum Gasteiger partial charge on any atom is 0.318 e. The highest BCUT2D eigenvalue weighted by molar-refractivity contribution is 7.09. The summed E-state index contributed by atoms with van der Waals surface area (Å²) in [5, 5.41) is 6.38. The largest absolute Gasteiger partial charge is 0.361 e. The number of piperidine rings is 1. The van der Waals surface area contributed by atoms with Crippen molar-refractivity contribution in [3.05, 3.63) is 58.4 Å². The number of carbonyl (C=O) groups is 2. The number of aromatic nitrogens is 1. The Morgan fingerprint density at radius 3 is 2.76 bits per heavy atom. The number of nitrogens with zero attached hydrogens (tertiary/aromatic N) is 2. The number of urea groups is 1. The van der Waals surface area contributed by atoms with Crippen LogP contribution in [0.5, 0.6) is 0 Å². The molecule has 3 amide bonds. The van der Waals surface area contributed by atoms with E-state index in [0.717, 1.165) is 34.2 Å². The summed E-state index contributed by atoms with van der Waals surface area (Å²) >= 11 is 1.66. The van der Waals surface area contributed by atoms with Gasteiger partial charge in [-0.25, -0.2) is 4.79 Å². The van der Waals surface area contributed by atoms with Gasteiger partial charge in [-0.05, 0) is 53.4 Å². The molecule has 0 bridgehead atoms. The molecule has 0 aliphatic carbocycles. The van der Waals surface area contributed by atoms with Gasteiger partial charge in [0.1, 0.15) is 0 Å². The topological polar surface area (TPSA) is 68.4 Å². The van der Waals surface area contributed by atoms with Gasteiger partial charge in [0.2, 0.25) is 5.91 Å². The third kappa shape index (κ3) is 4.79. The van der Waals surface area contributed by atoms with E-state index in [2.05, 4.69) is 34.6 Å². The minimum absolute atomic E-state index is 0.0474. The molecule has 0 saturated carbocycles. The normalized spacial score (nSPS) is 14.9. The third-order valence-electron chi connectivity index (χ3n) is 5.47. The Labute approximate surface area is 174 Å². The zero-order valence-corrected chi connectivity index (χ0v) is 17.4. The van der Waals surface area contributed by atoms with Gasteiger partial charge in [-0.3, -0.25) is 4.79 Å². The van der Waals surface area contributed by atoms with E-state index in [-0.39, 0.29) is 18.0 Å². The molecule has 152 valence electrons. The lowest BCUT2D eigenvalue weighted by Crippen LogP contribution is -2.49. The van der Waals surface area contributed by atoms with Crippen LogP contribution in [0.3, 0.4) is 0 Å². The van der Waals surface area contributed by atoms with Crippen molar-refractivity contribution in [3.63, 3.8) is 0 Å². The Morgan fingerprint density at radius 2 is 2.03 bits per heavy atom. The first-order valence-electron chi connectivity index (χ1n) is 9.98. The molecule has 1 aliphatic heterocycles. The minimum atomic E-state index is -0.0474. The fourth-order valence-electron chi connectivity index (χ4n) is 3.82. The fourth-order valence-corrected chi connectivity index (χ4v) is 4.54. The second-order valence-corrected chi connectivity index (χ2v) is 8.60. The van der Waals surface area contributed by atoms with Gasteiger partial charge in [-0.1, -0.05) is 12.1 Å². The van der Waals surface area contributed by atoms with E-state index < -0.39 is 0 Å². The summed E-state index contributed by atoms with van der Waals surface area (Å²) < 4.78 is 0. The summed E-state index contributed by atoms with van der Waals surface area (Å²) in [6.07, 6.45) is 3.53. The number of H-pyrrole nitrogens is 1. The lowest BCUT2D eigenvalue weighted by molar-refractivity contribution is -0.129. The predicted molar refractivity (Wildman–Crippen MR) is 116 cm³/mol. The van der Waals surface area contributed by atoms with Crippen LogP contribution in [0.1, 0.15) is 30.2 Å². The van der Waals surface area contributed by atoms with E-state index in [1.807, 2.05) is 33.5 Å². The summed E-state index contributed by atoms with van der Waals surface area (Å²) in [5.41, 5.74) is 2.20. The molecule has 0 atom stereocenters. The van der Waals surface area contributed by atoms with Gasteiger partial charge in [-0.2, -0.15) is 0 Å². The van der Waals surface area contributed by atoms with Crippen LogP contribution in [-0.4, -0.2) is 45.9 Å². The number of hydrogen-bond acceptors (Lipinski definition) is 3. The van der Waals surface area contributed by atoms with Crippen LogP contribution in [0.2, 0.25) is 0 Å². The summed E-state index contributed by atoms with van der Waals surface area (Å²) in [6, 6.07) is 12.4. The second kappa shape index (κ2) is 8.69. The van der Waals surface area contributed by atoms with Crippen molar-refractivity contribution in [2.45, 2.75) is 38.9 Å². The van der Waals surface area contributed by atoms with Crippen LogP contribution >= 0.6 is 11.3 Å². The van der Waals surface area contributed by atoms with Crippen LogP contribution < -0.4 is 5.32 Å². The Morgan fingerprint density at radius 1 is 1.21 bits per heavy atom. The molecule has 1 saturated heterocycles. The van der Waals surface area contributed by atoms with Gasteiger partial charge in [0, 0.05) is 49.2 Å². The molecule has 2 N–H and O–H groups in total. The van der Waals surface area contributed by atoms with E-state index in [1.165, 1.54) is 0 Å². The lowest BCUT2D eigenvalue weighted by Gasteiger charge is -2.33. The number of carbonyl (C=O) groups excluding carboxylic acids is 2. The SMILES string of the molecule is CC(=O)N1CCC(NC(=O)N(Cc2ccc3[nH]ccc3c2)Cc2cccs2)CC1. The van der Waals surface area contributed by atoms with E-state index in [0.29, 0.717) is 26.2 Å². The highest BCUT2D eigenvalue weighted by Gasteiger charge is 2.24. The molecule has 7 heteroatoms. The molecule has 3 aromatic rings. The summed E-state index contributed by atoms with van der Waals surface area (Å²) in [5.74, 6) is 0.106. The number of aromatic amines is 1. The minimum Gasteiger partial charge on any atom is -0.361 e. The van der Waals surface area contributed by atoms with Gasteiger partial charge in [0.25, 0.3) is 0 Å². The summed E-state index contributed by atoms with van der Waals surface area (Å²) in [4.78, 5) is 32.7. The number of thiophene rings is 1. The first kappa shape index (κ1) is 19.5. The average Bonchev–Trinajstić information content (AvgIpc) is 3.39. The number of rotatable bonds is 5. The van der Waals surface area contributed by atoms with Crippen molar-refractivity contribution in [1.29, 1.82) is 0 Å². The number of nitrogens with one attached hydrogen (secondary N) is 2. The van der Waals surface area contributed by atoms with Crippen molar-refractivity contribution in [2.24, 2.45) is 0 Å². The number of amides is 3. The fraction of sp³-hybridized carbons (Fsp3) is 0.364. The number of fused-ring (bicyclic) bond motifs is 1. The highest BCUT2D eigenvalue weighted by Crippen LogP contribution is 2.19. The monoisotopic (exact) mass is 410 g/mol. The van der Waals surface area contributed by atoms with Crippen LogP contribution in [0.15, 0.2) is 48.0 Å². The molecular weight excluding hydrogens is 384 g/mol. The number of hydrogen-bond donors (Lipinski definition) is 2. The lowest BCUT2D eigenvalue weighted by atomic mass is 10.1. The van der Waals surface area contributed by atoms with Crippen LogP contribution in [-0.2, 0) is 17.9 Å². The summed E-state index contributed by atoms with van der Waals surface area (Å²) in [6.45, 7) is 4.14. The number of likely N-dealkylation sites (tertiary alicyclic amines) is 1. The Kier molecular flexibility index (Phi) is 5.85. The van der Waals surface area contributed by atoms with Crippen LogP contribution in [0, 0.1) is 0 Å². The zero-order chi connectivity index (χ0) is 20.2. The second-order valence-electron chi connectivity index (χ2n) is 7.56. The van der Waals surface area contributed by atoms with Crippen LogP contribution in [0.25, 0.3) is 10.9 Å². The van der Waals surface area contributed by atoms with E-state index in [1.54, 1.807) is 18.3 Å². The molecule has 1 aliphatic rings. The van der Waals surface area contributed by atoms with Gasteiger partial charge in [0.05, 0.1) is 6.54 Å². The molecule has 4 rings (SSSR count). The molecule has 2 aromatic heterocycles. The molecule has 6 nitrogen and oxygen atoms in total. The van der Waals surface area contributed by atoms with Crippen LogP contribution in [0.4, 0.5) is 4.79 Å². The van der Waals surface area contributed by atoms with E-state index in [9.17, 15) is 9.59 Å². The molecule has 0 unspecified atom stereocenters. The zero-order valence-electron chi connectivity index (χ0n) is 16.6. The maximum absolute atomic E-state index is 13.1. The Balaban J connectivity index is 1.44. The maximum atomic E-state index is 13.1. The molecule has 3 heterocycles. The average molecular weight is 411 g/mol.